The molecule has 2 unspecified atom stereocenters. The summed E-state index contributed by atoms with van der Waals surface area (Å²) in [6.45, 7) is 11.6. The number of aliphatic hydroxyl groups excluding tert-OH is 1. The van der Waals surface area contributed by atoms with E-state index in [0.29, 0.717) is 45.7 Å². The molecule has 1 N–H and O–H groups in total. The largest absolute Gasteiger partial charge is 0.461 e. The molecule has 4 fully saturated rings. The minimum Gasteiger partial charge on any atom is -0.461 e. The van der Waals surface area contributed by atoms with Crippen LogP contribution in [0.2, 0.25) is 0 Å². The predicted octanol–water partition coefficient (Wildman–Crippen LogP) is -0.571. The van der Waals surface area contributed by atoms with E-state index in [1.54, 1.807) is 11.0 Å². The number of esters is 1. The van der Waals surface area contributed by atoms with Gasteiger partial charge in [-0.25, -0.2) is 0 Å². The zero-order chi connectivity index (χ0) is 24.3. The number of carbonyl (C=O) groups is 3. The molecule has 2 bridgehead atoms. The second-order valence-corrected chi connectivity index (χ2v) is 9.26. The Bertz CT molecular complexity index is 814. The fraction of sp³-hybridized carbons (Fsp3) is 0.708. The van der Waals surface area contributed by atoms with E-state index in [-0.39, 0.29) is 31.6 Å². The molecule has 4 saturated heterocycles. The summed E-state index contributed by atoms with van der Waals surface area (Å²) in [6, 6.07) is -0.899. The molecule has 2 amide bonds. The first-order valence-electron chi connectivity index (χ1n) is 12.0. The molecule has 1 spiro atoms. The highest BCUT2D eigenvalue weighted by Crippen LogP contribution is 2.58. The molecule has 10 heteroatoms. The van der Waals surface area contributed by atoms with Crippen LogP contribution >= 0.6 is 0 Å². The van der Waals surface area contributed by atoms with E-state index in [2.05, 4.69) is 18.1 Å². The zero-order valence-corrected chi connectivity index (χ0v) is 19.6. The van der Waals surface area contributed by atoms with Gasteiger partial charge in [0.2, 0.25) is 11.8 Å². The van der Waals surface area contributed by atoms with Gasteiger partial charge in [-0.05, 0) is 12.8 Å². The molecule has 0 aromatic carbocycles. The molecule has 0 aromatic heterocycles. The molecule has 4 aliphatic rings. The van der Waals surface area contributed by atoms with E-state index in [1.165, 1.54) is 11.0 Å². The first-order chi connectivity index (χ1) is 16.5. The SMILES string of the molecule is C=CCOC(=O)[C@@H]1[C@H]2C(=O)N(CCO)C(C(=O)N(CC=C)CCN3CCOCC3)C23CC[C@H]1O3. The van der Waals surface area contributed by atoms with Crippen LogP contribution in [0.1, 0.15) is 12.8 Å². The van der Waals surface area contributed by atoms with Gasteiger partial charge in [0, 0.05) is 39.3 Å². The number of nitrogens with zero attached hydrogens (tertiary/aromatic N) is 3. The van der Waals surface area contributed by atoms with Gasteiger partial charge in [-0.1, -0.05) is 18.7 Å². The number of aliphatic hydroxyl groups is 1. The lowest BCUT2D eigenvalue weighted by molar-refractivity contribution is -0.154. The molecule has 0 aliphatic carbocycles. The molecule has 0 aromatic rings. The number of fused-ring (bicyclic) bond motifs is 1. The summed E-state index contributed by atoms with van der Waals surface area (Å²) in [7, 11) is 0. The molecular weight excluding hydrogens is 442 g/mol. The molecule has 4 heterocycles. The molecule has 5 atom stereocenters. The Labute approximate surface area is 200 Å². The molecule has 34 heavy (non-hydrogen) atoms. The van der Waals surface area contributed by atoms with Crippen molar-refractivity contribution in [3.63, 3.8) is 0 Å². The average molecular weight is 478 g/mol. The highest BCUT2D eigenvalue weighted by molar-refractivity contribution is 5.98. The number of rotatable bonds is 11. The summed E-state index contributed by atoms with van der Waals surface area (Å²) in [5.74, 6) is -2.63. The number of likely N-dealkylation sites (tertiary alicyclic amines) is 1. The number of ether oxygens (including phenoxy) is 3. The van der Waals surface area contributed by atoms with Crippen LogP contribution < -0.4 is 0 Å². The second-order valence-electron chi connectivity index (χ2n) is 9.26. The molecule has 4 aliphatic heterocycles. The van der Waals surface area contributed by atoms with E-state index < -0.39 is 35.6 Å². The van der Waals surface area contributed by atoms with Gasteiger partial charge in [0.1, 0.15) is 18.2 Å². The summed E-state index contributed by atoms with van der Waals surface area (Å²) in [5, 5.41) is 9.68. The van der Waals surface area contributed by atoms with Gasteiger partial charge < -0.3 is 29.1 Å². The van der Waals surface area contributed by atoms with Crippen LogP contribution in [-0.2, 0) is 28.6 Å². The highest BCUT2D eigenvalue weighted by atomic mass is 16.6. The van der Waals surface area contributed by atoms with Crippen molar-refractivity contribution in [2.75, 3.05) is 65.7 Å². The van der Waals surface area contributed by atoms with Crippen LogP contribution in [0.25, 0.3) is 0 Å². The summed E-state index contributed by atoms with van der Waals surface area (Å²) in [4.78, 5) is 45.7. The van der Waals surface area contributed by atoms with Crippen molar-refractivity contribution < 1.29 is 33.7 Å². The van der Waals surface area contributed by atoms with Gasteiger partial charge in [-0.15, -0.1) is 6.58 Å². The van der Waals surface area contributed by atoms with Crippen LogP contribution in [-0.4, -0.2) is 121 Å². The maximum atomic E-state index is 14.0. The van der Waals surface area contributed by atoms with Crippen LogP contribution in [0.3, 0.4) is 0 Å². The van der Waals surface area contributed by atoms with Crippen molar-refractivity contribution in [2.24, 2.45) is 11.8 Å². The third-order valence-corrected chi connectivity index (χ3v) is 7.44. The van der Waals surface area contributed by atoms with E-state index in [4.69, 9.17) is 14.2 Å². The smallest absolute Gasteiger partial charge is 0.312 e. The average Bonchev–Trinajstić information content (AvgIpc) is 3.48. The summed E-state index contributed by atoms with van der Waals surface area (Å²) in [6.07, 6.45) is 3.76. The molecular formula is C24H35N3O7. The fourth-order valence-corrected chi connectivity index (χ4v) is 5.99. The molecule has 4 rings (SSSR count). The van der Waals surface area contributed by atoms with Gasteiger partial charge in [-0.3, -0.25) is 19.3 Å². The Morgan fingerprint density at radius 1 is 1.24 bits per heavy atom. The summed E-state index contributed by atoms with van der Waals surface area (Å²) in [5.41, 5.74) is -1.09. The number of carbonyl (C=O) groups excluding carboxylic acids is 3. The molecule has 0 saturated carbocycles. The third-order valence-electron chi connectivity index (χ3n) is 7.44. The number of morpholine rings is 1. The zero-order valence-electron chi connectivity index (χ0n) is 19.6. The Morgan fingerprint density at radius 3 is 2.68 bits per heavy atom. The Kier molecular flexibility index (Phi) is 7.71. The van der Waals surface area contributed by atoms with Gasteiger partial charge in [0.05, 0.1) is 37.8 Å². The normalized spacial score (nSPS) is 32.5. The summed E-state index contributed by atoms with van der Waals surface area (Å²) >= 11 is 0. The first-order valence-corrected chi connectivity index (χ1v) is 12.0. The van der Waals surface area contributed by atoms with Crippen LogP contribution in [0.15, 0.2) is 25.3 Å². The molecule has 10 nitrogen and oxygen atoms in total. The van der Waals surface area contributed by atoms with Crippen molar-refractivity contribution in [3.8, 4) is 0 Å². The molecule has 188 valence electrons. The van der Waals surface area contributed by atoms with Crippen LogP contribution in [0.4, 0.5) is 0 Å². The monoisotopic (exact) mass is 477 g/mol. The van der Waals surface area contributed by atoms with E-state index in [9.17, 15) is 19.5 Å². The quantitative estimate of drug-likeness (QED) is 0.311. The number of hydrogen-bond acceptors (Lipinski definition) is 8. The Hall–Kier alpha value is -2.27. The maximum absolute atomic E-state index is 14.0. The van der Waals surface area contributed by atoms with Gasteiger partial charge in [0.25, 0.3) is 0 Å². The van der Waals surface area contributed by atoms with Crippen molar-refractivity contribution >= 4 is 17.8 Å². The van der Waals surface area contributed by atoms with Crippen molar-refractivity contribution in [1.29, 1.82) is 0 Å². The number of β-amino-alcohol motifs (C(OH)–C–C–N with tert-alkyl or cyclic N) is 1. The van der Waals surface area contributed by atoms with Gasteiger partial charge in [0.15, 0.2) is 0 Å². The van der Waals surface area contributed by atoms with Crippen molar-refractivity contribution in [1.82, 2.24) is 14.7 Å². The lowest BCUT2D eigenvalue weighted by Crippen LogP contribution is -2.57. The highest BCUT2D eigenvalue weighted by Gasteiger charge is 2.75. The van der Waals surface area contributed by atoms with Gasteiger partial charge in [-0.2, -0.15) is 0 Å². The summed E-state index contributed by atoms with van der Waals surface area (Å²) < 4.78 is 17.0. The van der Waals surface area contributed by atoms with Crippen LogP contribution in [0.5, 0.6) is 0 Å². The number of amides is 2. The standard InChI is InChI=1S/C24H35N3O7/c1-3-7-26(9-8-25-11-15-32-16-12-25)22(30)20-24-6-5-17(34-24)18(23(31)33-14-4-2)19(24)21(29)27(20)10-13-28/h3-4,17-20,28H,1-2,5-16H2/t17-,18+,19+,20?,24?/m1/s1. The van der Waals surface area contributed by atoms with E-state index >= 15 is 0 Å². The van der Waals surface area contributed by atoms with Crippen molar-refractivity contribution in [2.45, 2.75) is 30.6 Å². The molecule has 0 radical (unpaired) electrons. The Balaban J connectivity index is 1.59. The Morgan fingerprint density at radius 2 is 2.00 bits per heavy atom. The maximum Gasteiger partial charge on any atom is 0.312 e. The lowest BCUT2D eigenvalue weighted by Gasteiger charge is -2.37. The minimum atomic E-state index is -1.09. The minimum absolute atomic E-state index is 0.00132. The first kappa shape index (κ1) is 24.8. The van der Waals surface area contributed by atoms with Gasteiger partial charge >= 0.3 is 5.97 Å². The third kappa shape index (κ3) is 4.28. The van der Waals surface area contributed by atoms with E-state index in [1.807, 2.05) is 0 Å². The van der Waals surface area contributed by atoms with Crippen molar-refractivity contribution in [3.05, 3.63) is 25.3 Å². The number of hydrogen-bond donors (Lipinski definition) is 1. The topological polar surface area (TPSA) is 109 Å². The lowest BCUT2D eigenvalue weighted by atomic mass is 9.70. The van der Waals surface area contributed by atoms with Crippen LogP contribution in [0, 0.1) is 11.8 Å². The second kappa shape index (κ2) is 10.6. The predicted molar refractivity (Wildman–Crippen MR) is 122 cm³/mol. The fourth-order valence-electron chi connectivity index (χ4n) is 5.99. The van der Waals surface area contributed by atoms with E-state index in [0.717, 1.165) is 13.1 Å².